The van der Waals surface area contributed by atoms with Crippen LogP contribution in [-0.2, 0) is 14.8 Å². The van der Waals surface area contributed by atoms with Crippen LogP contribution in [0.2, 0.25) is 5.02 Å². The molecule has 3 aromatic rings. The molecular weight excluding hydrogens is 476 g/mol. The Labute approximate surface area is 205 Å². The van der Waals surface area contributed by atoms with Crippen molar-refractivity contribution < 1.29 is 22.7 Å². The number of aryl methyl sites for hydroxylation is 1. The second-order valence-corrected chi connectivity index (χ2v) is 9.96. The standard InChI is InChI=1S/C25H27ClN2O5S/c1-17-14-20(26)11-12-22(17)28(34(30,31)21-8-6-5-7-9-21)16-25(29)27-18(2)19-10-13-23(32-3)24(15-19)33-4/h5-15,18H,16H2,1-4H3,(H,27,29)/t18-/m1/s1. The average Bonchev–Trinajstić information content (AvgIpc) is 2.83. The van der Waals surface area contributed by atoms with Gasteiger partial charge in [0.15, 0.2) is 11.5 Å². The quantitative estimate of drug-likeness (QED) is 0.457. The van der Waals surface area contributed by atoms with Crippen LogP contribution in [0.15, 0.2) is 71.6 Å². The van der Waals surface area contributed by atoms with Gasteiger partial charge >= 0.3 is 0 Å². The number of anilines is 1. The molecule has 0 aliphatic rings. The number of methoxy groups -OCH3 is 2. The molecular formula is C25H27ClN2O5S. The van der Waals surface area contributed by atoms with Gasteiger partial charge in [0.05, 0.1) is 30.8 Å². The molecule has 0 heterocycles. The molecule has 0 saturated carbocycles. The lowest BCUT2D eigenvalue weighted by molar-refractivity contribution is -0.120. The highest BCUT2D eigenvalue weighted by atomic mass is 35.5. The van der Waals surface area contributed by atoms with Crippen molar-refractivity contribution in [2.24, 2.45) is 0 Å². The molecule has 3 aromatic carbocycles. The van der Waals surface area contributed by atoms with E-state index in [1.165, 1.54) is 19.2 Å². The maximum Gasteiger partial charge on any atom is 0.264 e. The summed E-state index contributed by atoms with van der Waals surface area (Å²) in [5.41, 5.74) is 1.79. The summed E-state index contributed by atoms with van der Waals surface area (Å²) >= 11 is 6.08. The van der Waals surface area contributed by atoms with Gasteiger partial charge in [0.1, 0.15) is 6.54 Å². The van der Waals surface area contributed by atoms with Crippen molar-refractivity contribution in [2.75, 3.05) is 25.1 Å². The first kappa shape index (κ1) is 25.4. The number of nitrogens with one attached hydrogen (secondary N) is 1. The Morgan fingerprint density at radius 1 is 1.00 bits per heavy atom. The highest BCUT2D eigenvalue weighted by Gasteiger charge is 2.28. The van der Waals surface area contributed by atoms with Crippen molar-refractivity contribution in [2.45, 2.75) is 24.8 Å². The van der Waals surface area contributed by atoms with Gasteiger partial charge in [0.25, 0.3) is 10.0 Å². The zero-order valence-electron chi connectivity index (χ0n) is 19.4. The van der Waals surface area contributed by atoms with Crippen LogP contribution in [0.4, 0.5) is 5.69 Å². The fourth-order valence-electron chi connectivity index (χ4n) is 3.54. The van der Waals surface area contributed by atoms with Crippen LogP contribution in [0, 0.1) is 6.92 Å². The first-order chi connectivity index (χ1) is 16.2. The molecule has 1 atom stereocenters. The van der Waals surface area contributed by atoms with Gasteiger partial charge in [-0.1, -0.05) is 35.9 Å². The average molecular weight is 503 g/mol. The van der Waals surface area contributed by atoms with Crippen LogP contribution in [-0.4, -0.2) is 35.1 Å². The number of hydrogen-bond donors (Lipinski definition) is 1. The monoisotopic (exact) mass is 502 g/mol. The number of carbonyl (C=O) groups excluding carboxylic acids is 1. The second-order valence-electron chi connectivity index (χ2n) is 7.66. The molecule has 0 aromatic heterocycles. The Bertz CT molecular complexity index is 1270. The number of hydrogen-bond acceptors (Lipinski definition) is 5. The first-order valence-corrected chi connectivity index (χ1v) is 12.3. The fraction of sp³-hybridized carbons (Fsp3) is 0.240. The number of halogens is 1. The number of sulfonamides is 1. The van der Waals surface area contributed by atoms with Gasteiger partial charge < -0.3 is 14.8 Å². The van der Waals surface area contributed by atoms with Gasteiger partial charge in [-0.3, -0.25) is 9.10 Å². The smallest absolute Gasteiger partial charge is 0.264 e. The molecule has 7 nitrogen and oxygen atoms in total. The van der Waals surface area contributed by atoms with E-state index >= 15 is 0 Å². The van der Waals surface area contributed by atoms with Gasteiger partial charge in [0, 0.05) is 5.02 Å². The molecule has 0 saturated heterocycles. The SMILES string of the molecule is COc1ccc([C@@H](C)NC(=O)CN(c2ccc(Cl)cc2C)S(=O)(=O)c2ccccc2)cc1OC. The third-order valence-electron chi connectivity index (χ3n) is 5.33. The summed E-state index contributed by atoms with van der Waals surface area (Å²) in [6.45, 7) is 3.15. The summed E-state index contributed by atoms with van der Waals surface area (Å²) in [6.07, 6.45) is 0. The zero-order valence-corrected chi connectivity index (χ0v) is 21.0. The molecule has 0 spiro atoms. The fourth-order valence-corrected chi connectivity index (χ4v) is 5.27. The Morgan fingerprint density at radius 3 is 2.29 bits per heavy atom. The van der Waals surface area contributed by atoms with E-state index in [0.717, 1.165) is 9.87 Å². The van der Waals surface area contributed by atoms with Crippen LogP contribution in [0.25, 0.3) is 0 Å². The number of carbonyl (C=O) groups is 1. The van der Waals surface area contributed by atoms with Crippen LogP contribution in [0.3, 0.4) is 0 Å². The molecule has 0 aliphatic carbocycles. The van der Waals surface area contributed by atoms with Gasteiger partial charge in [-0.15, -0.1) is 0 Å². The predicted octanol–water partition coefficient (Wildman–Crippen LogP) is 4.74. The van der Waals surface area contributed by atoms with E-state index in [1.54, 1.807) is 62.6 Å². The largest absolute Gasteiger partial charge is 0.493 e. The summed E-state index contributed by atoms with van der Waals surface area (Å²) in [5, 5.41) is 3.35. The molecule has 0 radical (unpaired) electrons. The lowest BCUT2D eigenvalue weighted by Crippen LogP contribution is -2.41. The summed E-state index contributed by atoms with van der Waals surface area (Å²) in [5.74, 6) is 0.644. The van der Waals surface area contributed by atoms with Crippen LogP contribution in [0.5, 0.6) is 11.5 Å². The zero-order chi connectivity index (χ0) is 24.9. The molecule has 0 aliphatic heterocycles. The van der Waals surface area contributed by atoms with Crippen LogP contribution in [0.1, 0.15) is 24.1 Å². The Balaban J connectivity index is 1.90. The van der Waals surface area contributed by atoms with Gasteiger partial charge in [-0.2, -0.15) is 0 Å². The third-order valence-corrected chi connectivity index (χ3v) is 7.34. The molecule has 0 fully saturated rings. The minimum atomic E-state index is -4.01. The molecule has 180 valence electrons. The molecule has 0 bridgehead atoms. The molecule has 3 rings (SSSR count). The van der Waals surface area contributed by atoms with Crippen molar-refractivity contribution in [3.8, 4) is 11.5 Å². The Kier molecular flexibility index (Phi) is 8.06. The van der Waals surface area contributed by atoms with Crippen molar-refractivity contribution in [1.29, 1.82) is 0 Å². The lowest BCUT2D eigenvalue weighted by Gasteiger charge is -2.26. The lowest BCUT2D eigenvalue weighted by atomic mass is 10.1. The van der Waals surface area contributed by atoms with E-state index < -0.39 is 28.5 Å². The van der Waals surface area contributed by atoms with Crippen LogP contribution >= 0.6 is 11.6 Å². The summed E-state index contributed by atoms with van der Waals surface area (Å²) in [7, 11) is -0.933. The van der Waals surface area contributed by atoms with Gasteiger partial charge in [0.2, 0.25) is 5.91 Å². The number of nitrogens with zero attached hydrogens (tertiary/aromatic N) is 1. The molecule has 1 amide bonds. The van der Waals surface area contributed by atoms with Crippen molar-refractivity contribution in [3.05, 3.63) is 82.9 Å². The van der Waals surface area contributed by atoms with E-state index in [0.29, 0.717) is 27.8 Å². The van der Waals surface area contributed by atoms with E-state index in [-0.39, 0.29) is 4.90 Å². The predicted molar refractivity (Wildman–Crippen MR) is 133 cm³/mol. The number of ether oxygens (including phenoxy) is 2. The highest BCUT2D eigenvalue weighted by molar-refractivity contribution is 7.92. The van der Waals surface area contributed by atoms with Gasteiger partial charge in [-0.05, 0) is 67.4 Å². The third kappa shape index (κ3) is 5.63. The minimum absolute atomic E-state index is 0.0880. The van der Waals surface area contributed by atoms with Crippen molar-refractivity contribution in [1.82, 2.24) is 5.32 Å². The van der Waals surface area contributed by atoms with E-state index in [2.05, 4.69) is 5.32 Å². The van der Waals surface area contributed by atoms with Crippen molar-refractivity contribution in [3.63, 3.8) is 0 Å². The minimum Gasteiger partial charge on any atom is -0.493 e. The molecule has 0 unspecified atom stereocenters. The Hall–Kier alpha value is -3.23. The first-order valence-electron chi connectivity index (χ1n) is 10.5. The summed E-state index contributed by atoms with van der Waals surface area (Å²) in [6, 6.07) is 17.8. The van der Waals surface area contributed by atoms with E-state index in [4.69, 9.17) is 21.1 Å². The van der Waals surface area contributed by atoms with Gasteiger partial charge in [-0.25, -0.2) is 8.42 Å². The van der Waals surface area contributed by atoms with Crippen molar-refractivity contribution >= 4 is 33.2 Å². The number of amides is 1. The summed E-state index contributed by atoms with van der Waals surface area (Å²) in [4.78, 5) is 13.1. The number of rotatable bonds is 9. The topological polar surface area (TPSA) is 84.9 Å². The van der Waals surface area contributed by atoms with E-state index in [9.17, 15) is 13.2 Å². The Morgan fingerprint density at radius 2 is 1.68 bits per heavy atom. The molecule has 34 heavy (non-hydrogen) atoms. The number of benzene rings is 3. The normalized spacial score (nSPS) is 12.0. The molecule has 9 heteroatoms. The van der Waals surface area contributed by atoms with E-state index in [1.807, 2.05) is 13.0 Å². The van der Waals surface area contributed by atoms with Crippen LogP contribution < -0.4 is 19.1 Å². The second kappa shape index (κ2) is 10.8. The highest BCUT2D eigenvalue weighted by Crippen LogP contribution is 2.31. The maximum atomic E-state index is 13.5. The maximum absolute atomic E-state index is 13.5. The summed E-state index contributed by atoms with van der Waals surface area (Å²) < 4.78 is 38.7. The molecule has 1 N–H and O–H groups in total.